The van der Waals surface area contributed by atoms with Crippen molar-refractivity contribution in [2.45, 2.75) is 5.75 Å². The van der Waals surface area contributed by atoms with E-state index < -0.39 is 0 Å². The number of halogens is 1. The Balaban J connectivity index is 1.41. The zero-order chi connectivity index (χ0) is 16.8. The van der Waals surface area contributed by atoms with E-state index in [2.05, 4.69) is 14.9 Å². The molecular formula is C17H19ClN4OS. The quantitative estimate of drug-likeness (QED) is 0.818. The molecule has 0 unspecified atom stereocenters. The minimum Gasteiger partial charge on any atom is -0.338 e. The van der Waals surface area contributed by atoms with Gasteiger partial charge in [0.15, 0.2) is 0 Å². The van der Waals surface area contributed by atoms with Gasteiger partial charge in [0, 0.05) is 49.3 Å². The molecule has 1 saturated heterocycles. The van der Waals surface area contributed by atoms with Gasteiger partial charge in [-0.15, -0.1) is 11.8 Å². The second kappa shape index (κ2) is 8.35. The van der Waals surface area contributed by atoms with Crippen LogP contribution in [0, 0.1) is 0 Å². The molecule has 0 spiro atoms. The number of amides is 1. The molecule has 0 N–H and O–H groups in total. The van der Waals surface area contributed by atoms with Gasteiger partial charge in [0.05, 0.1) is 5.75 Å². The van der Waals surface area contributed by atoms with Crippen LogP contribution < -0.4 is 4.90 Å². The Kier molecular flexibility index (Phi) is 5.93. The molecule has 0 aliphatic carbocycles. The van der Waals surface area contributed by atoms with Crippen LogP contribution in [0.3, 0.4) is 0 Å². The van der Waals surface area contributed by atoms with Crippen molar-refractivity contribution in [2.75, 3.05) is 36.8 Å². The van der Waals surface area contributed by atoms with Gasteiger partial charge in [0.25, 0.3) is 0 Å². The molecule has 2 aromatic rings. The van der Waals surface area contributed by atoms with E-state index in [1.54, 1.807) is 30.2 Å². The number of piperazine rings is 1. The lowest BCUT2D eigenvalue weighted by atomic mass is 10.2. The van der Waals surface area contributed by atoms with Crippen molar-refractivity contribution in [1.82, 2.24) is 14.9 Å². The Morgan fingerprint density at radius 1 is 1.08 bits per heavy atom. The first-order valence-corrected chi connectivity index (χ1v) is 9.37. The molecular weight excluding hydrogens is 344 g/mol. The second-order valence-corrected chi connectivity index (χ2v) is 6.96. The van der Waals surface area contributed by atoms with E-state index in [0.717, 1.165) is 42.9 Å². The molecule has 1 aliphatic heterocycles. The van der Waals surface area contributed by atoms with E-state index in [1.165, 1.54) is 5.56 Å². The van der Waals surface area contributed by atoms with Crippen molar-refractivity contribution in [2.24, 2.45) is 0 Å². The van der Waals surface area contributed by atoms with Crippen LogP contribution in [0.25, 0.3) is 0 Å². The van der Waals surface area contributed by atoms with Gasteiger partial charge in [-0.25, -0.2) is 9.97 Å². The maximum Gasteiger partial charge on any atom is 0.232 e. The fourth-order valence-electron chi connectivity index (χ4n) is 2.54. The zero-order valence-electron chi connectivity index (χ0n) is 13.3. The highest BCUT2D eigenvalue weighted by Crippen LogP contribution is 2.17. The monoisotopic (exact) mass is 362 g/mol. The summed E-state index contributed by atoms with van der Waals surface area (Å²) >= 11 is 7.51. The summed E-state index contributed by atoms with van der Waals surface area (Å²) in [6.45, 7) is 2.99. The third-order valence-electron chi connectivity index (χ3n) is 3.87. The van der Waals surface area contributed by atoms with E-state index in [1.807, 2.05) is 29.2 Å². The SMILES string of the molecule is O=C(CSCc1ccc(Cl)cc1)N1CCN(c2ncccn2)CC1. The molecule has 7 heteroatoms. The first kappa shape index (κ1) is 17.0. The van der Waals surface area contributed by atoms with Crippen molar-refractivity contribution in [1.29, 1.82) is 0 Å². The number of carbonyl (C=O) groups is 1. The first-order valence-electron chi connectivity index (χ1n) is 7.84. The maximum absolute atomic E-state index is 12.3. The Morgan fingerprint density at radius 3 is 2.42 bits per heavy atom. The highest BCUT2D eigenvalue weighted by Gasteiger charge is 2.22. The fourth-order valence-corrected chi connectivity index (χ4v) is 3.55. The number of nitrogens with zero attached hydrogens (tertiary/aromatic N) is 4. The summed E-state index contributed by atoms with van der Waals surface area (Å²) in [6, 6.07) is 9.56. The molecule has 5 nitrogen and oxygen atoms in total. The first-order chi connectivity index (χ1) is 11.7. The maximum atomic E-state index is 12.3. The molecule has 1 aromatic heterocycles. The molecule has 1 aromatic carbocycles. The molecule has 0 radical (unpaired) electrons. The van der Waals surface area contributed by atoms with Crippen LogP contribution in [-0.2, 0) is 10.5 Å². The number of carbonyl (C=O) groups excluding carboxylic acids is 1. The molecule has 24 heavy (non-hydrogen) atoms. The van der Waals surface area contributed by atoms with Crippen molar-refractivity contribution >= 4 is 35.2 Å². The number of hydrogen-bond acceptors (Lipinski definition) is 5. The summed E-state index contributed by atoms with van der Waals surface area (Å²) in [4.78, 5) is 24.9. The standard InChI is InChI=1S/C17H19ClN4OS/c18-15-4-2-14(3-5-15)12-24-13-16(23)21-8-10-22(11-9-21)17-19-6-1-7-20-17/h1-7H,8-13H2. The lowest BCUT2D eigenvalue weighted by molar-refractivity contribution is -0.128. The zero-order valence-corrected chi connectivity index (χ0v) is 14.8. The number of rotatable bonds is 5. The molecule has 1 aliphatic rings. The van der Waals surface area contributed by atoms with Gasteiger partial charge in [-0.2, -0.15) is 0 Å². The normalized spacial score (nSPS) is 14.7. The van der Waals surface area contributed by atoms with Crippen molar-refractivity contribution in [3.05, 3.63) is 53.3 Å². The van der Waals surface area contributed by atoms with Crippen LogP contribution in [0.2, 0.25) is 5.02 Å². The number of benzene rings is 1. The molecule has 2 heterocycles. The average Bonchev–Trinajstić information content (AvgIpc) is 2.64. The summed E-state index contributed by atoms with van der Waals surface area (Å²) in [5.74, 6) is 2.26. The van der Waals surface area contributed by atoms with E-state index >= 15 is 0 Å². The highest BCUT2D eigenvalue weighted by atomic mass is 35.5. The number of hydrogen-bond donors (Lipinski definition) is 0. The Morgan fingerprint density at radius 2 is 1.75 bits per heavy atom. The van der Waals surface area contributed by atoms with E-state index in [0.29, 0.717) is 5.75 Å². The summed E-state index contributed by atoms with van der Waals surface area (Å²) in [5, 5.41) is 0.736. The summed E-state index contributed by atoms with van der Waals surface area (Å²) in [7, 11) is 0. The number of thioether (sulfide) groups is 1. The number of anilines is 1. The van der Waals surface area contributed by atoms with Gasteiger partial charge in [-0.3, -0.25) is 4.79 Å². The van der Waals surface area contributed by atoms with Crippen LogP contribution in [-0.4, -0.2) is 52.7 Å². The van der Waals surface area contributed by atoms with Gasteiger partial charge < -0.3 is 9.80 Å². The van der Waals surface area contributed by atoms with E-state index in [4.69, 9.17) is 11.6 Å². The van der Waals surface area contributed by atoms with Crippen LogP contribution in [0.4, 0.5) is 5.95 Å². The second-order valence-electron chi connectivity index (χ2n) is 5.54. The summed E-state index contributed by atoms with van der Waals surface area (Å²) < 4.78 is 0. The van der Waals surface area contributed by atoms with E-state index in [-0.39, 0.29) is 5.91 Å². The molecule has 1 fully saturated rings. The molecule has 1 amide bonds. The number of aromatic nitrogens is 2. The molecule has 0 bridgehead atoms. The largest absolute Gasteiger partial charge is 0.338 e. The predicted octanol–water partition coefficient (Wildman–Crippen LogP) is 2.71. The predicted molar refractivity (Wildman–Crippen MR) is 98.4 cm³/mol. The van der Waals surface area contributed by atoms with Crippen molar-refractivity contribution in [3.63, 3.8) is 0 Å². The average molecular weight is 363 g/mol. The third-order valence-corrected chi connectivity index (χ3v) is 5.12. The van der Waals surface area contributed by atoms with Crippen LogP contribution in [0.15, 0.2) is 42.7 Å². The lowest BCUT2D eigenvalue weighted by Crippen LogP contribution is -2.49. The van der Waals surface area contributed by atoms with Gasteiger partial charge in [0.2, 0.25) is 11.9 Å². The topological polar surface area (TPSA) is 49.3 Å². The minimum absolute atomic E-state index is 0.197. The van der Waals surface area contributed by atoms with Gasteiger partial charge in [-0.05, 0) is 23.8 Å². The molecule has 126 valence electrons. The lowest BCUT2D eigenvalue weighted by Gasteiger charge is -2.34. The molecule has 0 saturated carbocycles. The van der Waals surface area contributed by atoms with E-state index in [9.17, 15) is 4.79 Å². The van der Waals surface area contributed by atoms with Crippen LogP contribution >= 0.6 is 23.4 Å². The Bertz CT molecular complexity index is 660. The van der Waals surface area contributed by atoms with Crippen molar-refractivity contribution in [3.8, 4) is 0 Å². The highest BCUT2D eigenvalue weighted by molar-refractivity contribution is 7.99. The smallest absolute Gasteiger partial charge is 0.232 e. The summed E-state index contributed by atoms with van der Waals surface area (Å²) in [5.41, 5.74) is 1.18. The Hall–Kier alpha value is -1.79. The minimum atomic E-state index is 0.197. The van der Waals surface area contributed by atoms with Crippen LogP contribution in [0.1, 0.15) is 5.56 Å². The molecule has 0 atom stereocenters. The molecule has 3 rings (SSSR count). The summed E-state index contributed by atoms with van der Waals surface area (Å²) in [6.07, 6.45) is 3.49. The fraction of sp³-hybridized carbons (Fsp3) is 0.353. The third kappa shape index (κ3) is 4.61. The van der Waals surface area contributed by atoms with Gasteiger partial charge >= 0.3 is 0 Å². The Labute approximate surface area is 151 Å². The van der Waals surface area contributed by atoms with Gasteiger partial charge in [0.1, 0.15) is 0 Å². The van der Waals surface area contributed by atoms with Crippen molar-refractivity contribution < 1.29 is 4.79 Å². The van der Waals surface area contributed by atoms with Gasteiger partial charge in [-0.1, -0.05) is 23.7 Å². The van der Waals surface area contributed by atoms with Crippen LogP contribution in [0.5, 0.6) is 0 Å².